The smallest absolute Gasteiger partial charge is 0.255 e. The zero-order valence-corrected chi connectivity index (χ0v) is 19.3. The highest BCUT2D eigenvalue weighted by molar-refractivity contribution is 6.04. The van der Waals surface area contributed by atoms with E-state index in [9.17, 15) is 14.0 Å². The quantitative estimate of drug-likeness (QED) is 0.429. The maximum Gasteiger partial charge on any atom is 0.255 e. The molecule has 0 radical (unpaired) electrons. The van der Waals surface area contributed by atoms with Gasteiger partial charge < -0.3 is 20.1 Å². The Hall–Kier alpha value is -4.13. The van der Waals surface area contributed by atoms with E-state index < -0.39 is 5.82 Å². The molecule has 7 heteroatoms. The Balaban J connectivity index is 1.56. The van der Waals surface area contributed by atoms with Crippen LogP contribution in [0.25, 0.3) is 6.08 Å². The summed E-state index contributed by atoms with van der Waals surface area (Å²) in [6, 6.07) is 17.9. The van der Waals surface area contributed by atoms with Crippen molar-refractivity contribution in [3.05, 3.63) is 95.3 Å². The van der Waals surface area contributed by atoms with Crippen molar-refractivity contribution in [1.82, 2.24) is 5.32 Å². The molecule has 0 saturated carbocycles. The SMILES string of the molecule is COc1cc(C=CC(=O)NCc2cccc(NC(=O)c3ccc(F)cc3)c2)ccc1OC(C)C. The van der Waals surface area contributed by atoms with Crippen molar-refractivity contribution in [1.29, 1.82) is 0 Å². The first-order valence-electron chi connectivity index (χ1n) is 10.8. The Kier molecular flexibility index (Phi) is 8.40. The third kappa shape index (κ3) is 7.20. The van der Waals surface area contributed by atoms with Gasteiger partial charge in [0.05, 0.1) is 13.2 Å². The van der Waals surface area contributed by atoms with Gasteiger partial charge in [-0.05, 0) is 79.6 Å². The van der Waals surface area contributed by atoms with E-state index in [1.165, 1.54) is 30.3 Å². The van der Waals surface area contributed by atoms with E-state index in [1.54, 1.807) is 37.5 Å². The van der Waals surface area contributed by atoms with Crippen molar-refractivity contribution in [2.45, 2.75) is 26.5 Å². The van der Waals surface area contributed by atoms with Gasteiger partial charge in [0, 0.05) is 23.9 Å². The zero-order chi connectivity index (χ0) is 24.5. The Bertz CT molecular complexity index is 1170. The highest BCUT2D eigenvalue weighted by Crippen LogP contribution is 2.29. The molecular weight excluding hydrogens is 435 g/mol. The van der Waals surface area contributed by atoms with Gasteiger partial charge in [-0.15, -0.1) is 0 Å². The third-order valence-electron chi connectivity index (χ3n) is 4.74. The third-order valence-corrected chi connectivity index (χ3v) is 4.74. The van der Waals surface area contributed by atoms with Gasteiger partial charge in [0.1, 0.15) is 5.82 Å². The molecule has 6 nitrogen and oxygen atoms in total. The van der Waals surface area contributed by atoms with Crippen LogP contribution in [0.2, 0.25) is 0 Å². The number of anilines is 1. The number of hydrogen-bond acceptors (Lipinski definition) is 4. The van der Waals surface area contributed by atoms with Gasteiger partial charge >= 0.3 is 0 Å². The molecule has 0 aliphatic heterocycles. The fourth-order valence-electron chi connectivity index (χ4n) is 3.12. The molecule has 0 aliphatic rings. The Labute approximate surface area is 198 Å². The van der Waals surface area contributed by atoms with Crippen LogP contribution in [0.3, 0.4) is 0 Å². The molecule has 0 fully saturated rings. The minimum atomic E-state index is -0.403. The second-order valence-electron chi connectivity index (χ2n) is 7.79. The average Bonchev–Trinajstić information content (AvgIpc) is 2.82. The average molecular weight is 463 g/mol. The van der Waals surface area contributed by atoms with Gasteiger partial charge in [0.15, 0.2) is 11.5 Å². The second kappa shape index (κ2) is 11.7. The molecule has 0 spiro atoms. The molecule has 0 aliphatic carbocycles. The lowest BCUT2D eigenvalue weighted by atomic mass is 10.1. The van der Waals surface area contributed by atoms with E-state index in [-0.39, 0.29) is 24.5 Å². The number of benzene rings is 3. The van der Waals surface area contributed by atoms with Crippen molar-refractivity contribution >= 4 is 23.6 Å². The molecular formula is C27H27FN2O4. The van der Waals surface area contributed by atoms with E-state index in [4.69, 9.17) is 9.47 Å². The summed E-state index contributed by atoms with van der Waals surface area (Å²) in [6.07, 6.45) is 3.16. The number of carbonyl (C=O) groups excluding carboxylic acids is 2. The lowest BCUT2D eigenvalue weighted by Crippen LogP contribution is -2.20. The number of hydrogen-bond donors (Lipinski definition) is 2. The molecule has 176 valence electrons. The number of rotatable bonds is 9. The lowest BCUT2D eigenvalue weighted by molar-refractivity contribution is -0.116. The van der Waals surface area contributed by atoms with Crippen molar-refractivity contribution in [3.8, 4) is 11.5 Å². The molecule has 0 unspecified atom stereocenters. The highest BCUT2D eigenvalue weighted by atomic mass is 19.1. The Morgan fingerprint density at radius 3 is 2.47 bits per heavy atom. The summed E-state index contributed by atoms with van der Waals surface area (Å²) < 4.78 is 24.1. The van der Waals surface area contributed by atoms with Crippen LogP contribution in [0.15, 0.2) is 72.8 Å². The van der Waals surface area contributed by atoms with Crippen LogP contribution in [-0.2, 0) is 11.3 Å². The van der Waals surface area contributed by atoms with E-state index in [0.717, 1.165) is 11.1 Å². The summed E-state index contributed by atoms with van der Waals surface area (Å²) >= 11 is 0. The molecule has 3 aromatic carbocycles. The van der Waals surface area contributed by atoms with Crippen molar-refractivity contribution in [2.75, 3.05) is 12.4 Å². The van der Waals surface area contributed by atoms with Gasteiger partial charge in [0.25, 0.3) is 5.91 Å². The maximum atomic E-state index is 13.0. The first-order valence-corrected chi connectivity index (χ1v) is 10.8. The number of ether oxygens (including phenoxy) is 2. The van der Waals surface area contributed by atoms with Crippen LogP contribution < -0.4 is 20.1 Å². The van der Waals surface area contributed by atoms with Crippen molar-refractivity contribution < 1.29 is 23.5 Å². The predicted molar refractivity (Wildman–Crippen MR) is 130 cm³/mol. The number of methoxy groups -OCH3 is 1. The van der Waals surface area contributed by atoms with Crippen molar-refractivity contribution in [3.63, 3.8) is 0 Å². The topological polar surface area (TPSA) is 76.7 Å². The van der Waals surface area contributed by atoms with Crippen LogP contribution in [-0.4, -0.2) is 25.0 Å². The van der Waals surface area contributed by atoms with E-state index >= 15 is 0 Å². The highest BCUT2D eigenvalue weighted by Gasteiger charge is 2.08. The van der Waals surface area contributed by atoms with Gasteiger partial charge in [-0.2, -0.15) is 0 Å². The molecule has 3 aromatic rings. The minimum Gasteiger partial charge on any atom is -0.493 e. The van der Waals surface area contributed by atoms with Gasteiger partial charge in [0.2, 0.25) is 5.91 Å². The molecule has 0 heterocycles. The predicted octanol–water partition coefficient (Wildman–Crippen LogP) is 5.20. The fourth-order valence-corrected chi connectivity index (χ4v) is 3.12. The van der Waals surface area contributed by atoms with Crippen LogP contribution in [0.4, 0.5) is 10.1 Å². The van der Waals surface area contributed by atoms with Crippen molar-refractivity contribution in [2.24, 2.45) is 0 Å². The first-order chi connectivity index (χ1) is 16.3. The summed E-state index contributed by atoms with van der Waals surface area (Å²) in [5, 5.41) is 5.59. The molecule has 0 saturated heterocycles. The molecule has 2 amide bonds. The second-order valence-corrected chi connectivity index (χ2v) is 7.79. The number of halogens is 1. The normalized spacial score (nSPS) is 10.9. The van der Waals surface area contributed by atoms with E-state index in [2.05, 4.69) is 10.6 Å². The number of carbonyl (C=O) groups is 2. The Morgan fingerprint density at radius 2 is 1.76 bits per heavy atom. The monoisotopic (exact) mass is 462 g/mol. The summed E-state index contributed by atoms with van der Waals surface area (Å²) in [6.45, 7) is 4.16. The number of nitrogens with one attached hydrogen (secondary N) is 2. The summed E-state index contributed by atoms with van der Waals surface area (Å²) in [4.78, 5) is 24.6. The molecule has 0 atom stereocenters. The first kappa shape index (κ1) is 24.5. The molecule has 2 N–H and O–H groups in total. The summed E-state index contributed by atoms with van der Waals surface area (Å²) in [5.41, 5.74) is 2.54. The fraction of sp³-hybridized carbons (Fsp3) is 0.185. The van der Waals surface area contributed by atoms with Gasteiger partial charge in [-0.1, -0.05) is 18.2 Å². The number of amides is 2. The van der Waals surface area contributed by atoms with Gasteiger partial charge in [-0.25, -0.2) is 4.39 Å². The maximum absolute atomic E-state index is 13.0. The van der Waals surface area contributed by atoms with Crippen LogP contribution in [0.1, 0.15) is 35.3 Å². The Morgan fingerprint density at radius 1 is 1.00 bits per heavy atom. The van der Waals surface area contributed by atoms with Crippen LogP contribution in [0.5, 0.6) is 11.5 Å². The summed E-state index contributed by atoms with van der Waals surface area (Å²) in [5.74, 6) is 0.229. The minimum absolute atomic E-state index is 0.0239. The van der Waals surface area contributed by atoms with Crippen LogP contribution >= 0.6 is 0 Å². The molecule has 34 heavy (non-hydrogen) atoms. The van der Waals surface area contributed by atoms with Crippen LogP contribution in [0, 0.1) is 5.82 Å². The lowest BCUT2D eigenvalue weighted by Gasteiger charge is -2.13. The molecule has 3 rings (SSSR count). The summed E-state index contributed by atoms with van der Waals surface area (Å²) in [7, 11) is 1.57. The zero-order valence-electron chi connectivity index (χ0n) is 19.3. The molecule has 0 aromatic heterocycles. The van der Waals surface area contributed by atoms with Gasteiger partial charge in [-0.3, -0.25) is 9.59 Å². The van der Waals surface area contributed by atoms with E-state index in [1.807, 2.05) is 32.0 Å². The standard InChI is InChI=1S/C27H27FN2O4/c1-18(2)34-24-13-7-19(16-25(24)33-3)8-14-26(31)29-17-20-5-4-6-23(15-20)30-27(32)21-9-11-22(28)12-10-21/h4-16,18H,17H2,1-3H3,(H,29,31)(H,30,32). The van der Waals surface area contributed by atoms with E-state index in [0.29, 0.717) is 22.7 Å². The molecule has 0 bridgehead atoms. The largest absolute Gasteiger partial charge is 0.493 e.